The second-order valence-corrected chi connectivity index (χ2v) is 6.61. The molecule has 4 heteroatoms. The van der Waals surface area contributed by atoms with Crippen molar-refractivity contribution in [1.82, 2.24) is 5.32 Å². The minimum absolute atomic E-state index is 0.126. The van der Waals surface area contributed by atoms with Crippen LogP contribution in [0.5, 0.6) is 0 Å². The average molecular weight is 378 g/mol. The van der Waals surface area contributed by atoms with Crippen LogP contribution in [0.3, 0.4) is 0 Å². The van der Waals surface area contributed by atoms with Gasteiger partial charge in [-0.1, -0.05) is 68.4 Å². The van der Waals surface area contributed by atoms with Crippen LogP contribution in [0.15, 0.2) is 48.6 Å². The molecule has 0 fully saturated rings. The van der Waals surface area contributed by atoms with Gasteiger partial charge in [0.05, 0.1) is 19.3 Å². The fourth-order valence-electron chi connectivity index (χ4n) is 2.39. The summed E-state index contributed by atoms with van der Waals surface area (Å²) >= 11 is 0. The van der Waals surface area contributed by atoms with E-state index in [2.05, 4.69) is 60.8 Å². The molecular formula is C23H39NO3. The van der Waals surface area contributed by atoms with E-state index in [1.54, 1.807) is 0 Å². The van der Waals surface area contributed by atoms with Gasteiger partial charge in [0.25, 0.3) is 0 Å². The van der Waals surface area contributed by atoms with Gasteiger partial charge in [-0.15, -0.1) is 0 Å². The van der Waals surface area contributed by atoms with E-state index in [-0.39, 0.29) is 19.1 Å². The molecule has 0 radical (unpaired) electrons. The van der Waals surface area contributed by atoms with Gasteiger partial charge in [0.15, 0.2) is 0 Å². The monoisotopic (exact) mass is 377 g/mol. The zero-order valence-corrected chi connectivity index (χ0v) is 17.0. The second-order valence-electron chi connectivity index (χ2n) is 6.61. The van der Waals surface area contributed by atoms with Crippen molar-refractivity contribution in [2.24, 2.45) is 0 Å². The summed E-state index contributed by atoms with van der Waals surface area (Å²) in [4.78, 5) is 11.6. The lowest BCUT2D eigenvalue weighted by Gasteiger charge is -2.12. The molecule has 0 spiro atoms. The van der Waals surface area contributed by atoms with Crippen molar-refractivity contribution in [1.29, 1.82) is 0 Å². The number of rotatable bonds is 17. The Morgan fingerprint density at radius 3 is 1.74 bits per heavy atom. The molecule has 0 aromatic carbocycles. The molecule has 0 aliphatic carbocycles. The average Bonchev–Trinajstić information content (AvgIpc) is 2.68. The summed E-state index contributed by atoms with van der Waals surface area (Å²) in [5.41, 5.74) is 0. The van der Waals surface area contributed by atoms with Crippen molar-refractivity contribution in [2.75, 3.05) is 13.2 Å². The fourth-order valence-corrected chi connectivity index (χ4v) is 2.39. The third-order valence-electron chi connectivity index (χ3n) is 4.04. The van der Waals surface area contributed by atoms with E-state index in [1.807, 2.05) is 0 Å². The topological polar surface area (TPSA) is 69.6 Å². The summed E-state index contributed by atoms with van der Waals surface area (Å²) < 4.78 is 0. The molecule has 0 heterocycles. The molecule has 4 nitrogen and oxygen atoms in total. The van der Waals surface area contributed by atoms with Crippen molar-refractivity contribution in [3.05, 3.63) is 48.6 Å². The van der Waals surface area contributed by atoms with E-state index < -0.39 is 6.04 Å². The number of aliphatic hydroxyl groups excluding tert-OH is 2. The molecular weight excluding hydrogens is 338 g/mol. The van der Waals surface area contributed by atoms with Crippen LogP contribution in [0.25, 0.3) is 0 Å². The van der Waals surface area contributed by atoms with Gasteiger partial charge in [-0.25, -0.2) is 0 Å². The quantitative estimate of drug-likeness (QED) is 0.256. The molecule has 3 N–H and O–H groups in total. The van der Waals surface area contributed by atoms with Crippen LogP contribution in [-0.2, 0) is 4.79 Å². The van der Waals surface area contributed by atoms with Crippen molar-refractivity contribution in [3.63, 3.8) is 0 Å². The Hall–Kier alpha value is -1.65. The zero-order chi connectivity index (χ0) is 20.0. The van der Waals surface area contributed by atoms with E-state index in [0.29, 0.717) is 6.42 Å². The smallest absolute Gasteiger partial charge is 0.220 e. The van der Waals surface area contributed by atoms with Gasteiger partial charge in [-0.05, 0) is 44.9 Å². The highest BCUT2D eigenvalue weighted by Crippen LogP contribution is 2.01. The van der Waals surface area contributed by atoms with Gasteiger partial charge in [-0.3, -0.25) is 4.79 Å². The molecule has 0 rings (SSSR count). The number of allylic oxidation sites excluding steroid dienone is 8. The van der Waals surface area contributed by atoms with Crippen molar-refractivity contribution < 1.29 is 15.0 Å². The Labute approximate surface area is 165 Å². The largest absolute Gasteiger partial charge is 0.394 e. The van der Waals surface area contributed by atoms with Crippen LogP contribution in [0.4, 0.5) is 0 Å². The van der Waals surface area contributed by atoms with Crippen LogP contribution in [0.2, 0.25) is 0 Å². The minimum Gasteiger partial charge on any atom is -0.394 e. The third kappa shape index (κ3) is 18.9. The number of hydrogen-bond acceptors (Lipinski definition) is 3. The first-order chi connectivity index (χ1) is 13.2. The van der Waals surface area contributed by atoms with Gasteiger partial charge >= 0.3 is 0 Å². The Morgan fingerprint density at radius 2 is 1.26 bits per heavy atom. The number of carbonyl (C=O) groups excluding carboxylic acids is 1. The molecule has 27 heavy (non-hydrogen) atoms. The van der Waals surface area contributed by atoms with Crippen LogP contribution in [0.1, 0.15) is 71.1 Å². The molecule has 0 unspecified atom stereocenters. The van der Waals surface area contributed by atoms with Crippen LogP contribution in [0, 0.1) is 0 Å². The predicted molar refractivity (Wildman–Crippen MR) is 115 cm³/mol. The van der Waals surface area contributed by atoms with Crippen LogP contribution >= 0.6 is 0 Å². The molecule has 0 bridgehead atoms. The molecule has 0 aromatic heterocycles. The molecule has 0 saturated heterocycles. The highest BCUT2D eigenvalue weighted by atomic mass is 16.3. The van der Waals surface area contributed by atoms with Crippen molar-refractivity contribution in [3.8, 4) is 0 Å². The van der Waals surface area contributed by atoms with Crippen molar-refractivity contribution in [2.45, 2.75) is 77.2 Å². The normalized spacial score (nSPS) is 12.4. The summed E-state index contributed by atoms with van der Waals surface area (Å²) in [6.45, 7) is 1.76. The molecule has 0 aliphatic heterocycles. The van der Waals surface area contributed by atoms with Gasteiger partial charge in [0, 0.05) is 6.42 Å². The summed E-state index contributed by atoms with van der Waals surface area (Å²) in [6.07, 6.45) is 27.5. The molecule has 0 aromatic rings. The Balaban J connectivity index is 3.55. The van der Waals surface area contributed by atoms with E-state index >= 15 is 0 Å². The second kappa shape index (κ2) is 20.7. The maximum atomic E-state index is 11.6. The first-order valence-electron chi connectivity index (χ1n) is 10.4. The van der Waals surface area contributed by atoms with Crippen LogP contribution in [-0.4, -0.2) is 35.4 Å². The third-order valence-corrected chi connectivity index (χ3v) is 4.04. The van der Waals surface area contributed by atoms with Crippen LogP contribution < -0.4 is 5.32 Å². The zero-order valence-electron chi connectivity index (χ0n) is 17.0. The van der Waals surface area contributed by atoms with Gasteiger partial charge in [0.2, 0.25) is 5.91 Å². The predicted octanol–water partition coefficient (Wildman–Crippen LogP) is 4.60. The Morgan fingerprint density at radius 1 is 0.778 bits per heavy atom. The SMILES string of the molecule is CCCCC/C=C\C/C=C\C/C=C/C/C=C\CCCC(=O)NC(CO)CO. The molecule has 154 valence electrons. The first kappa shape index (κ1) is 25.4. The van der Waals surface area contributed by atoms with E-state index in [9.17, 15) is 4.79 Å². The summed E-state index contributed by atoms with van der Waals surface area (Å²) in [5.74, 6) is -0.126. The number of carbonyl (C=O) groups is 1. The minimum atomic E-state index is -0.547. The number of hydrogen-bond donors (Lipinski definition) is 3. The Kier molecular flexibility index (Phi) is 19.4. The summed E-state index contributed by atoms with van der Waals surface area (Å²) in [5, 5.41) is 20.4. The number of nitrogens with one attached hydrogen (secondary N) is 1. The number of aliphatic hydroxyl groups is 2. The lowest BCUT2D eigenvalue weighted by molar-refractivity contribution is -0.122. The molecule has 0 aliphatic rings. The number of unbranched alkanes of at least 4 members (excludes halogenated alkanes) is 4. The maximum absolute atomic E-state index is 11.6. The Bertz CT molecular complexity index is 449. The van der Waals surface area contributed by atoms with Gasteiger partial charge in [-0.2, -0.15) is 0 Å². The summed E-state index contributed by atoms with van der Waals surface area (Å²) in [6, 6.07) is -0.547. The maximum Gasteiger partial charge on any atom is 0.220 e. The lowest BCUT2D eigenvalue weighted by Crippen LogP contribution is -2.39. The first-order valence-corrected chi connectivity index (χ1v) is 10.4. The number of amides is 1. The van der Waals surface area contributed by atoms with E-state index in [0.717, 1.165) is 32.1 Å². The molecule has 1 amide bonds. The van der Waals surface area contributed by atoms with Gasteiger partial charge in [0.1, 0.15) is 0 Å². The standard InChI is InChI=1S/C23H39NO3/c1-2-3-4-5-6-7-8-9-10-11-12-13-14-15-16-17-18-19-23(27)24-22(20-25)21-26/h6-7,9-10,12-13,15-16,22,25-26H,2-5,8,11,14,17-21H2,1H3,(H,24,27)/b7-6-,10-9-,13-12+,16-15-. The lowest BCUT2D eigenvalue weighted by atomic mass is 10.2. The fraction of sp³-hybridized carbons (Fsp3) is 0.609. The van der Waals surface area contributed by atoms with Gasteiger partial charge < -0.3 is 15.5 Å². The highest BCUT2D eigenvalue weighted by molar-refractivity contribution is 5.76. The highest BCUT2D eigenvalue weighted by Gasteiger charge is 2.08. The van der Waals surface area contributed by atoms with E-state index in [1.165, 1.54) is 25.7 Å². The molecule has 0 saturated carbocycles. The molecule has 0 atom stereocenters. The van der Waals surface area contributed by atoms with E-state index in [4.69, 9.17) is 10.2 Å². The van der Waals surface area contributed by atoms with Crippen molar-refractivity contribution >= 4 is 5.91 Å². The summed E-state index contributed by atoms with van der Waals surface area (Å²) in [7, 11) is 0.